The number of nitrogens with one attached hydrogen (secondary N) is 1. The smallest absolute Gasteiger partial charge is 0.277 e. The number of benzene rings is 2. The van der Waals surface area contributed by atoms with E-state index in [1.807, 2.05) is 24.3 Å². The number of para-hydroxylation sites is 2. The van der Waals surface area contributed by atoms with Crippen molar-refractivity contribution in [3.05, 3.63) is 54.3 Å². The van der Waals surface area contributed by atoms with E-state index in [9.17, 15) is 9.18 Å². The molecule has 0 aliphatic carbocycles. The maximum Gasteiger partial charge on any atom is 0.277 e. The molecule has 2 heterocycles. The Morgan fingerprint density at radius 2 is 1.84 bits per heavy atom. The molecule has 0 spiro atoms. The zero-order valence-electron chi connectivity index (χ0n) is 17.3. The van der Waals surface area contributed by atoms with Crippen LogP contribution in [0.15, 0.2) is 58.2 Å². The van der Waals surface area contributed by atoms with E-state index in [0.29, 0.717) is 0 Å². The molecule has 1 saturated heterocycles. The first-order chi connectivity index (χ1) is 15.1. The van der Waals surface area contributed by atoms with Crippen LogP contribution >= 0.6 is 11.8 Å². The largest absolute Gasteiger partial charge is 0.411 e. The predicted octanol–water partition coefficient (Wildman–Crippen LogP) is 3.75. The third-order valence-corrected chi connectivity index (χ3v) is 5.99. The van der Waals surface area contributed by atoms with Gasteiger partial charge in [-0.15, -0.1) is 10.2 Å². The molecule has 31 heavy (non-hydrogen) atoms. The van der Waals surface area contributed by atoms with Gasteiger partial charge in [0.25, 0.3) is 11.1 Å². The van der Waals surface area contributed by atoms with Gasteiger partial charge in [-0.1, -0.05) is 43.0 Å². The lowest BCUT2D eigenvalue weighted by molar-refractivity contribution is -0.113. The van der Waals surface area contributed by atoms with Crippen molar-refractivity contribution in [1.82, 2.24) is 15.1 Å². The highest BCUT2D eigenvalue weighted by Gasteiger charge is 2.19. The molecule has 2 aromatic carbocycles. The van der Waals surface area contributed by atoms with Gasteiger partial charge in [0, 0.05) is 26.2 Å². The summed E-state index contributed by atoms with van der Waals surface area (Å²) in [5.41, 5.74) is 2.05. The van der Waals surface area contributed by atoms with Crippen LogP contribution in [-0.2, 0) is 4.79 Å². The Morgan fingerprint density at radius 1 is 1.10 bits per heavy atom. The number of anilines is 2. The van der Waals surface area contributed by atoms with Crippen molar-refractivity contribution < 1.29 is 13.6 Å². The number of hydrogen-bond donors (Lipinski definition) is 1. The summed E-state index contributed by atoms with van der Waals surface area (Å²) in [7, 11) is 0. The maximum atomic E-state index is 13.9. The summed E-state index contributed by atoms with van der Waals surface area (Å²) in [6, 6.07) is 14.0. The van der Waals surface area contributed by atoms with Gasteiger partial charge < -0.3 is 19.5 Å². The van der Waals surface area contributed by atoms with E-state index in [4.69, 9.17) is 4.42 Å². The van der Waals surface area contributed by atoms with E-state index < -0.39 is 5.82 Å². The van der Waals surface area contributed by atoms with Crippen LogP contribution in [-0.4, -0.2) is 59.5 Å². The lowest BCUT2D eigenvalue weighted by atomic mass is 10.2. The van der Waals surface area contributed by atoms with Crippen LogP contribution in [0.2, 0.25) is 0 Å². The number of hydrogen-bond acceptors (Lipinski definition) is 7. The number of rotatable bonds is 7. The van der Waals surface area contributed by atoms with Crippen LogP contribution in [0.3, 0.4) is 0 Å². The Bertz CT molecular complexity index is 1040. The Kier molecular flexibility index (Phi) is 6.83. The Morgan fingerprint density at radius 3 is 2.61 bits per heavy atom. The summed E-state index contributed by atoms with van der Waals surface area (Å²) in [4.78, 5) is 17.3. The fraction of sp³-hybridized carbons (Fsp3) is 0.318. The monoisotopic (exact) mass is 441 g/mol. The van der Waals surface area contributed by atoms with Crippen molar-refractivity contribution in [2.45, 2.75) is 12.1 Å². The van der Waals surface area contributed by atoms with Crippen LogP contribution in [0.5, 0.6) is 0 Å². The third-order valence-electron chi connectivity index (χ3n) is 5.18. The summed E-state index contributed by atoms with van der Waals surface area (Å²) in [6.45, 7) is 7.10. The average molecular weight is 442 g/mol. The van der Waals surface area contributed by atoms with Gasteiger partial charge in [0.1, 0.15) is 5.82 Å². The summed E-state index contributed by atoms with van der Waals surface area (Å²) in [6.07, 6.45) is 0. The molecule has 3 aromatic rings. The molecule has 7 nitrogen and oxygen atoms in total. The second-order valence-corrected chi connectivity index (χ2v) is 8.05. The Labute approximate surface area is 184 Å². The first kappa shape index (κ1) is 21.3. The van der Waals surface area contributed by atoms with Crippen LogP contribution < -0.4 is 10.2 Å². The van der Waals surface area contributed by atoms with E-state index in [1.54, 1.807) is 18.2 Å². The van der Waals surface area contributed by atoms with Crippen LogP contribution in [0, 0.1) is 5.82 Å². The van der Waals surface area contributed by atoms with Gasteiger partial charge in [-0.05, 0) is 30.8 Å². The zero-order valence-corrected chi connectivity index (χ0v) is 18.1. The summed E-state index contributed by atoms with van der Waals surface area (Å²) in [5, 5.41) is 11.0. The quantitative estimate of drug-likeness (QED) is 0.560. The van der Waals surface area contributed by atoms with Crippen LogP contribution in [0.1, 0.15) is 6.92 Å². The molecule has 1 aliphatic rings. The molecule has 1 fully saturated rings. The van der Waals surface area contributed by atoms with E-state index in [0.717, 1.165) is 55.9 Å². The molecule has 1 aromatic heterocycles. The summed E-state index contributed by atoms with van der Waals surface area (Å²) < 4.78 is 19.4. The number of piperazine rings is 1. The summed E-state index contributed by atoms with van der Waals surface area (Å²) >= 11 is 1.12. The van der Waals surface area contributed by atoms with Gasteiger partial charge in [-0.2, -0.15) is 0 Å². The van der Waals surface area contributed by atoms with Crippen molar-refractivity contribution in [3.63, 3.8) is 0 Å². The number of nitrogens with zero attached hydrogens (tertiary/aromatic N) is 4. The van der Waals surface area contributed by atoms with Gasteiger partial charge in [-0.25, -0.2) is 4.39 Å². The lowest BCUT2D eigenvalue weighted by Crippen LogP contribution is -2.46. The molecule has 0 bridgehead atoms. The molecule has 0 radical (unpaired) electrons. The molecule has 0 saturated carbocycles. The topological polar surface area (TPSA) is 74.5 Å². The van der Waals surface area contributed by atoms with Gasteiger partial charge in [0.05, 0.1) is 22.7 Å². The number of likely N-dealkylation sites (N-methyl/N-ethyl adjacent to an activating group) is 1. The average Bonchev–Trinajstić information content (AvgIpc) is 3.27. The van der Waals surface area contributed by atoms with Crippen molar-refractivity contribution in [2.24, 2.45) is 0 Å². The van der Waals surface area contributed by atoms with Crippen LogP contribution in [0.25, 0.3) is 11.5 Å². The molecule has 0 unspecified atom stereocenters. The maximum absolute atomic E-state index is 13.9. The molecule has 1 amide bonds. The SMILES string of the molecule is CCN1CCN(c2ccccc2NC(=O)CSc2nnc(-c3ccccc3F)o2)CC1. The number of carbonyl (C=O) groups excluding carboxylic acids is 1. The molecule has 4 rings (SSSR count). The minimum absolute atomic E-state index is 0.0950. The molecular formula is C22H24FN5O2S. The highest BCUT2D eigenvalue weighted by atomic mass is 32.2. The number of thioether (sulfide) groups is 1. The number of amides is 1. The van der Waals surface area contributed by atoms with Gasteiger partial charge in [0.15, 0.2) is 0 Å². The van der Waals surface area contributed by atoms with Crippen molar-refractivity contribution >= 4 is 29.0 Å². The highest BCUT2D eigenvalue weighted by Crippen LogP contribution is 2.28. The molecule has 9 heteroatoms. The molecule has 0 atom stereocenters. The van der Waals surface area contributed by atoms with Crippen LogP contribution in [0.4, 0.5) is 15.8 Å². The third kappa shape index (κ3) is 5.23. The van der Waals surface area contributed by atoms with Crippen molar-refractivity contribution in [1.29, 1.82) is 0 Å². The number of carbonyl (C=O) groups is 1. The lowest BCUT2D eigenvalue weighted by Gasteiger charge is -2.36. The minimum atomic E-state index is -0.433. The molecular weight excluding hydrogens is 417 g/mol. The summed E-state index contributed by atoms with van der Waals surface area (Å²) in [5.74, 6) is -0.402. The molecule has 1 N–H and O–H groups in total. The van der Waals surface area contributed by atoms with Crippen molar-refractivity contribution in [3.8, 4) is 11.5 Å². The fourth-order valence-corrected chi connectivity index (χ4v) is 4.05. The Hall–Kier alpha value is -2.91. The number of halogens is 1. The number of aromatic nitrogens is 2. The molecule has 162 valence electrons. The van der Waals surface area contributed by atoms with E-state index in [-0.39, 0.29) is 28.3 Å². The second-order valence-electron chi connectivity index (χ2n) is 7.13. The van der Waals surface area contributed by atoms with Gasteiger partial charge in [0.2, 0.25) is 5.91 Å². The van der Waals surface area contributed by atoms with Gasteiger partial charge in [-0.3, -0.25) is 4.79 Å². The van der Waals surface area contributed by atoms with E-state index in [1.165, 1.54) is 6.07 Å². The normalized spacial score (nSPS) is 14.6. The van der Waals surface area contributed by atoms with Gasteiger partial charge >= 0.3 is 0 Å². The van der Waals surface area contributed by atoms with E-state index in [2.05, 4.69) is 32.2 Å². The minimum Gasteiger partial charge on any atom is -0.411 e. The fourth-order valence-electron chi connectivity index (χ4n) is 3.49. The molecule has 1 aliphatic heterocycles. The van der Waals surface area contributed by atoms with Crippen molar-refractivity contribution in [2.75, 3.05) is 48.7 Å². The zero-order chi connectivity index (χ0) is 21.6. The Balaban J connectivity index is 1.35. The first-order valence-corrected chi connectivity index (χ1v) is 11.2. The standard InChI is InChI=1S/C22H24FN5O2S/c1-2-27-11-13-28(14-12-27)19-10-6-5-9-18(19)24-20(29)15-31-22-26-25-21(30-22)16-7-3-4-8-17(16)23/h3-10H,2,11-15H2,1H3,(H,24,29). The first-order valence-electron chi connectivity index (χ1n) is 10.2. The predicted molar refractivity (Wildman–Crippen MR) is 120 cm³/mol. The highest BCUT2D eigenvalue weighted by molar-refractivity contribution is 7.99. The van der Waals surface area contributed by atoms with E-state index >= 15 is 0 Å². The second kappa shape index (κ2) is 9.93.